The third-order valence-electron chi connectivity index (χ3n) is 6.17. The van der Waals surface area contributed by atoms with E-state index in [-0.39, 0.29) is 37.4 Å². The zero-order valence-corrected chi connectivity index (χ0v) is 20.6. The molecule has 0 unspecified atom stereocenters. The topological polar surface area (TPSA) is 105 Å². The highest BCUT2D eigenvalue weighted by atomic mass is 16.5. The van der Waals surface area contributed by atoms with Crippen LogP contribution in [0.5, 0.6) is 0 Å². The highest BCUT2D eigenvalue weighted by molar-refractivity contribution is 5.86. The zero-order chi connectivity index (χ0) is 25.6. The number of amides is 2. The Morgan fingerprint density at radius 1 is 1.03 bits per heavy atom. The van der Waals surface area contributed by atoms with E-state index in [0.717, 1.165) is 11.1 Å². The number of hydrogen-bond donors (Lipinski definition) is 3. The first kappa shape index (κ1) is 27.1. The van der Waals surface area contributed by atoms with Gasteiger partial charge in [0.25, 0.3) is 0 Å². The van der Waals surface area contributed by atoms with Crippen LogP contribution < -0.4 is 10.6 Å². The molecule has 0 saturated carbocycles. The number of cyclic esters (lactones) is 1. The Hall–Kier alpha value is -3.45. The third kappa shape index (κ3) is 9.66. The molecule has 3 rings (SSSR count). The van der Waals surface area contributed by atoms with Gasteiger partial charge in [-0.1, -0.05) is 72.8 Å². The highest BCUT2D eigenvalue weighted by Crippen LogP contribution is 2.15. The van der Waals surface area contributed by atoms with Crippen molar-refractivity contribution >= 4 is 17.8 Å². The Balaban J connectivity index is 1.67. The van der Waals surface area contributed by atoms with Gasteiger partial charge < -0.3 is 20.5 Å². The normalized spacial score (nSPS) is 20.1. The van der Waals surface area contributed by atoms with E-state index in [2.05, 4.69) is 10.6 Å². The molecule has 0 aromatic heterocycles. The summed E-state index contributed by atoms with van der Waals surface area (Å²) in [6.07, 6.45) is 6.97. The summed E-state index contributed by atoms with van der Waals surface area (Å²) in [5.74, 6) is -1.39. The number of carbonyl (C=O) groups excluding carboxylic acids is 3. The predicted molar refractivity (Wildman–Crippen MR) is 138 cm³/mol. The van der Waals surface area contributed by atoms with Crippen LogP contribution in [0.25, 0.3) is 0 Å². The molecule has 0 saturated heterocycles. The highest BCUT2D eigenvalue weighted by Gasteiger charge is 2.25. The maximum atomic E-state index is 13.3. The van der Waals surface area contributed by atoms with Gasteiger partial charge in [0.05, 0.1) is 24.6 Å². The quantitative estimate of drug-likeness (QED) is 0.388. The van der Waals surface area contributed by atoms with Gasteiger partial charge in [-0.05, 0) is 43.2 Å². The second kappa shape index (κ2) is 14.8. The molecule has 7 heteroatoms. The predicted octanol–water partition coefficient (Wildman–Crippen LogP) is 3.11. The Morgan fingerprint density at radius 3 is 2.42 bits per heavy atom. The van der Waals surface area contributed by atoms with E-state index in [1.807, 2.05) is 72.8 Å². The van der Waals surface area contributed by atoms with Crippen molar-refractivity contribution in [3.63, 3.8) is 0 Å². The van der Waals surface area contributed by atoms with Crippen LogP contribution in [0.15, 0.2) is 72.8 Å². The largest absolute Gasteiger partial charge is 0.463 e. The number of hydrogen-bond acceptors (Lipinski definition) is 5. The summed E-state index contributed by atoms with van der Waals surface area (Å²) in [4.78, 5) is 38.2. The van der Waals surface area contributed by atoms with Gasteiger partial charge in [-0.15, -0.1) is 0 Å². The van der Waals surface area contributed by atoms with Crippen LogP contribution >= 0.6 is 0 Å². The van der Waals surface area contributed by atoms with E-state index < -0.39 is 18.0 Å². The Bertz CT molecular complexity index is 993. The monoisotopic (exact) mass is 492 g/mol. The molecule has 0 fully saturated rings. The van der Waals surface area contributed by atoms with Crippen LogP contribution in [0.3, 0.4) is 0 Å². The number of benzene rings is 2. The fraction of sp³-hybridized carbons (Fsp3) is 0.414. The maximum absolute atomic E-state index is 13.3. The number of aliphatic hydroxyl groups is 1. The fourth-order valence-corrected chi connectivity index (χ4v) is 4.23. The van der Waals surface area contributed by atoms with Gasteiger partial charge in [-0.25, -0.2) is 0 Å². The second-order valence-corrected chi connectivity index (χ2v) is 9.22. The summed E-state index contributed by atoms with van der Waals surface area (Å²) in [5, 5.41) is 15.7. The van der Waals surface area contributed by atoms with Gasteiger partial charge in [0.15, 0.2) is 0 Å². The molecule has 2 amide bonds. The molecular formula is C29H36N2O5. The summed E-state index contributed by atoms with van der Waals surface area (Å²) in [6.45, 7) is -0.114. The average Bonchev–Trinajstić information content (AvgIpc) is 2.89. The lowest BCUT2D eigenvalue weighted by molar-refractivity contribution is -0.145. The van der Waals surface area contributed by atoms with Crippen molar-refractivity contribution in [3.8, 4) is 0 Å². The smallest absolute Gasteiger partial charge is 0.305 e. The van der Waals surface area contributed by atoms with Crippen molar-refractivity contribution in [1.29, 1.82) is 0 Å². The van der Waals surface area contributed by atoms with Crippen molar-refractivity contribution in [2.75, 3.05) is 13.2 Å². The van der Waals surface area contributed by atoms with Crippen molar-refractivity contribution in [2.45, 2.75) is 57.0 Å². The molecule has 1 heterocycles. The lowest BCUT2D eigenvalue weighted by Gasteiger charge is -2.23. The molecular weight excluding hydrogens is 456 g/mol. The fourth-order valence-electron chi connectivity index (χ4n) is 4.23. The lowest BCUT2D eigenvalue weighted by Crippen LogP contribution is -2.45. The van der Waals surface area contributed by atoms with Gasteiger partial charge in [0, 0.05) is 12.8 Å². The van der Waals surface area contributed by atoms with E-state index in [9.17, 15) is 19.5 Å². The molecule has 3 atom stereocenters. The van der Waals surface area contributed by atoms with Crippen molar-refractivity contribution in [1.82, 2.24) is 10.6 Å². The SMILES string of the molecule is O=C(C[C@H]1CC=CCCCC(=O)OC[C@@H](Cc2ccccc2)NC1=O)N[C@@H](CO)Cc1ccccc1. The van der Waals surface area contributed by atoms with Crippen LogP contribution in [0.2, 0.25) is 0 Å². The molecule has 1 aliphatic rings. The number of carbonyl (C=O) groups is 3. The van der Waals surface area contributed by atoms with Gasteiger partial charge in [0.2, 0.25) is 11.8 Å². The Kier molecular flexibility index (Phi) is 11.2. The van der Waals surface area contributed by atoms with E-state index in [1.165, 1.54) is 0 Å². The van der Waals surface area contributed by atoms with Gasteiger partial charge in [-0.3, -0.25) is 14.4 Å². The first-order chi connectivity index (χ1) is 17.5. The summed E-state index contributed by atoms with van der Waals surface area (Å²) in [7, 11) is 0. The van der Waals surface area contributed by atoms with Crippen molar-refractivity contribution in [2.24, 2.45) is 5.92 Å². The van der Waals surface area contributed by atoms with E-state index >= 15 is 0 Å². The van der Waals surface area contributed by atoms with Crippen LogP contribution in [-0.4, -0.2) is 48.2 Å². The number of aliphatic hydroxyl groups excluding tert-OH is 1. The number of esters is 1. The molecule has 192 valence electrons. The minimum Gasteiger partial charge on any atom is -0.463 e. The number of allylic oxidation sites excluding steroid dienone is 2. The molecule has 3 N–H and O–H groups in total. The maximum Gasteiger partial charge on any atom is 0.305 e. The summed E-state index contributed by atoms with van der Waals surface area (Å²) < 4.78 is 5.44. The molecule has 0 spiro atoms. The molecule has 0 radical (unpaired) electrons. The lowest BCUT2D eigenvalue weighted by atomic mass is 9.97. The summed E-state index contributed by atoms with van der Waals surface area (Å²) >= 11 is 0. The van der Waals surface area contributed by atoms with Gasteiger partial charge >= 0.3 is 5.97 Å². The van der Waals surface area contributed by atoms with Gasteiger partial charge in [-0.2, -0.15) is 0 Å². The number of nitrogens with one attached hydrogen (secondary N) is 2. The molecule has 2 aromatic rings. The second-order valence-electron chi connectivity index (χ2n) is 9.22. The first-order valence-corrected chi connectivity index (χ1v) is 12.6. The van der Waals surface area contributed by atoms with E-state index in [0.29, 0.717) is 38.5 Å². The van der Waals surface area contributed by atoms with Crippen molar-refractivity contribution < 1.29 is 24.2 Å². The number of ether oxygens (including phenoxy) is 1. The minimum absolute atomic E-state index is 0.000687. The molecule has 36 heavy (non-hydrogen) atoms. The van der Waals surface area contributed by atoms with Crippen LogP contribution in [0, 0.1) is 5.92 Å². The molecule has 1 aliphatic heterocycles. The van der Waals surface area contributed by atoms with Gasteiger partial charge in [0.1, 0.15) is 6.61 Å². The van der Waals surface area contributed by atoms with Crippen molar-refractivity contribution in [3.05, 3.63) is 83.9 Å². The van der Waals surface area contributed by atoms with Crippen LogP contribution in [-0.2, 0) is 32.0 Å². The van der Waals surface area contributed by atoms with E-state index in [1.54, 1.807) is 0 Å². The number of rotatable bonds is 8. The molecule has 0 aliphatic carbocycles. The molecule has 7 nitrogen and oxygen atoms in total. The van der Waals surface area contributed by atoms with E-state index in [4.69, 9.17) is 4.74 Å². The van der Waals surface area contributed by atoms with Crippen LogP contribution in [0.4, 0.5) is 0 Å². The third-order valence-corrected chi connectivity index (χ3v) is 6.17. The summed E-state index contributed by atoms with van der Waals surface area (Å²) in [5.41, 5.74) is 2.03. The first-order valence-electron chi connectivity index (χ1n) is 12.6. The Morgan fingerprint density at radius 2 is 1.72 bits per heavy atom. The zero-order valence-electron chi connectivity index (χ0n) is 20.6. The molecule has 2 aromatic carbocycles. The molecule has 0 bridgehead atoms. The average molecular weight is 493 g/mol. The standard InChI is InChI=1S/C29H36N2O5/c32-20-25(17-22-11-5-3-6-12-22)30-27(33)19-24-15-9-1-2-10-16-28(34)36-21-26(31-29(24)35)18-23-13-7-4-8-14-23/h1,3-9,11-14,24-26,32H,2,10,15-21H2,(H,30,33)(H,31,35)/t24-,25-,26-/m1/s1. The summed E-state index contributed by atoms with van der Waals surface area (Å²) in [6, 6.07) is 18.5. The minimum atomic E-state index is -0.577. The van der Waals surface area contributed by atoms with Crippen LogP contribution in [0.1, 0.15) is 43.2 Å². The Labute approximate surface area is 212 Å².